The van der Waals surface area contributed by atoms with Crippen LogP contribution in [0.2, 0.25) is 0 Å². The quantitative estimate of drug-likeness (QED) is 0.779. The van der Waals surface area contributed by atoms with Crippen molar-refractivity contribution in [3.8, 4) is 0 Å². The van der Waals surface area contributed by atoms with Crippen LogP contribution in [-0.4, -0.2) is 23.5 Å². The van der Waals surface area contributed by atoms with E-state index < -0.39 is 5.97 Å². The van der Waals surface area contributed by atoms with Crippen molar-refractivity contribution < 1.29 is 14.7 Å². The van der Waals surface area contributed by atoms with Gasteiger partial charge in [-0.15, -0.1) is 11.3 Å². The molecule has 0 radical (unpaired) electrons. The zero-order valence-corrected chi connectivity index (χ0v) is 14.0. The summed E-state index contributed by atoms with van der Waals surface area (Å²) in [5.41, 5.74) is 1.30. The lowest BCUT2D eigenvalue weighted by molar-refractivity contribution is -0.121. The van der Waals surface area contributed by atoms with E-state index in [1.165, 1.54) is 9.75 Å². The minimum atomic E-state index is -0.925. The molecule has 0 saturated heterocycles. The van der Waals surface area contributed by atoms with Crippen molar-refractivity contribution in [1.82, 2.24) is 5.32 Å². The van der Waals surface area contributed by atoms with Gasteiger partial charge < -0.3 is 10.4 Å². The van der Waals surface area contributed by atoms with Gasteiger partial charge in [-0.3, -0.25) is 4.79 Å². The van der Waals surface area contributed by atoms with Crippen molar-refractivity contribution in [2.75, 3.05) is 6.54 Å². The van der Waals surface area contributed by atoms with Crippen molar-refractivity contribution in [2.24, 2.45) is 0 Å². The molecule has 0 atom stereocenters. The minimum absolute atomic E-state index is 0.0698. The molecule has 0 bridgehead atoms. The number of rotatable bonds is 8. The summed E-state index contributed by atoms with van der Waals surface area (Å²) < 4.78 is 0. The molecule has 0 aliphatic carbocycles. The Morgan fingerprint density at radius 3 is 2.43 bits per heavy atom. The number of nitrogens with one attached hydrogen (secondary N) is 1. The first-order valence-electron chi connectivity index (χ1n) is 7.69. The second kappa shape index (κ2) is 8.48. The third kappa shape index (κ3) is 5.87. The third-order valence-corrected chi connectivity index (χ3v) is 4.62. The molecular weight excluding hydrogens is 310 g/mol. The first-order chi connectivity index (χ1) is 11.0. The Hall–Kier alpha value is -2.14. The number of aryl methyl sites for hydroxylation is 2. The molecule has 2 N–H and O–H groups in total. The Morgan fingerprint density at radius 2 is 1.83 bits per heavy atom. The average molecular weight is 331 g/mol. The Bertz CT molecular complexity index is 661. The SMILES string of the molecule is Cc1ccc(CCCC(=O)NCCc2ccc(C(=O)O)cc2)s1. The predicted octanol–water partition coefficient (Wildman–Crippen LogP) is 3.44. The van der Waals surface area contributed by atoms with Gasteiger partial charge in [-0.2, -0.15) is 0 Å². The average Bonchev–Trinajstić information content (AvgIpc) is 2.93. The van der Waals surface area contributed by atoms with Gasteiger partial charge in [0.1, 0.15) is 0 Å². The van der Waals surface area contributed by atoms with Crippen LogP contribution in [0.15, 0.2) is 36.4 Å². The Morgan fingerprint density at radius 1 is 1.09 bits per heavy atom. The smallest absolute Gasteiger partial charge is 0.335 e. The molecule has 0 aliphatic heterocycles. The zero-order chi connectivity index (χ0) is 16.7. The van der Waals surface area contributed by atoms with E-state index in [1.807, 2.05) is 0 Å². The van der Waals surface area contributed by atoms with Crippen LogP contribution in [0.25, 0.3) is 0 Å². The topological polar surface area (TPSA) is 66.4 Å². The highest BCUT2D eigenvalue weighted by molar-refractivity contribution is 7.11. The number of hydrogen-bond acceptors (Lipinski definition) is 3. The molecule has 0 spiro atoms. The standard InChI is InChI=1S/C18H21NO3S/c1-13-5-10-16(23-13)3-2-4-17(20)19-12-11-14-6-8-15(9-7-14)18(21)22/h5-10H,2-4,11-12H2,1H3,(H,19,20)(H,21,22). The first kappa shape index (κ1) is 17.2. The molecule has 0 aliphatic rings. The van der Waals surface area contributed by atoms with Crippen molar-refractivity contribution in [3.63, 3.8) is 0 Å². The zero-order valence-electron chi connectivity index (χ0n) is 13.2. The van der Waals surface area contributed by atoms with Crippen molar-refractivity contribution in [3.05, 3.63) is 57.3 Å². The summed E-state index contributed by atoms with van der Waals surface area (Å²) in [6.45, 7) is 2.66. The predicted molar refractivity (Wildman–Crippen MR) is 92.1 cm³/mol. The normalized spacial score (nSPS) is 10.5. The van der Waals surface area contributed by atoms with Gasteiger partial charge in [-0.05, 0) is 56.0 Å². The van der Waals surface area contributed by atoms with Gasteiger partial charge in [0.25, 0.3) is 0 Å². The maximum atomic E-state index is 11.8. The summed E-state index contributed by atoms with van der Waals surface area (Å²) >= 11 is 1.78. The maximum absolute atomic E-state index is 11.8. The van der Waals surface area contributed by atoms with Gasteiger partial charge in [0, 0.05) is 22.7 Å². The molecule has 23 heavy (non-hydrogen) atoms. The number of carbonyl (C=O) groups is 2. The van der Waals surface area contributed by atoms with Crippen molar-refractivity contribution in [1.29, 1.82) is 0 Å². The van der Waals surface area contributed by atoms with Crippen LogP contribution in [-0.2, 0) is 17.6 Å². The second-order valence-corrected chi connectivity index (χ2v) is 6.84. The van der Waals surface area contributed by atoms with Crippen LogP contribution in [0.5, 0.6) is 0 Å². The van der Waals surface area contributed by atoms with Gasteiger partial charge in [0.05, 0.1) is 5.56 Å². The second-order valence-electron chi connectivity index (χ2n) is 5.47. The largest absolute Gasteiger partial charge is 0.478 e. The fourth-order valence-corrected chi connectivity index (χ4v) is 3.22. The van der Waals surface area contributed by atoms with Crippen LogP contribution < -0.4 is 5.32 Å². The van der Waals surface area contributed by atoms with Crippen LogP contribution in [0.4, 0.5) is 0 Å². The number of carbonyl (C=O) groups excluding carboxylic acids is 1. The molecule has 1 amide bonds. The van der Waals surface area contributed by atoms with E-state index >= 15 is 0 Å². The Kier molecular flexibility index (Phi) is 6.35. The number of aromatic carboxylic acids is 1. The third-order valence-electron chi connectivity index (χ3n) is 3.56. The van der Waals surface area contributed by atoms with E-state index in [9.17, 15) is 9.59 Å². The fourth-order valence-electron chi connectivity index (χ4n) is 2.29. The summed E-state index contributed by atoms with van der Waals surface area (Å²) in [5, 5.41) is 11.7. The molecular formula is C18H21NO3S. The highest BCUT2D eigenvalue weighted by Crippen LogP contribution is 2.17. The molecule has 122 valence electrons. The van der Waals surface area contributed by atoms with E-state index in [2.05, 4.69) is 24.4 Å². The molecule has 5 heteroatoms. The maximum Gasteiger partial charge on any atom is 0.335 e. The number of hydrogen-bond donors (Lipinski definition) is 2. The highest BCUT2D eigenvalue weighted by Gasteiger charge is 2.04. The molecule has 4 nitrogen and oxygen atoms in total. The van der Waals surface area contributed by atoms with Gasteiger partial charge in [-0.25, -0.2) is 4.79 Å². The Balaban J connectivity index is 1.63. The number of carboxylic acid groups (broad SMARTS) is 1. The van der Waals surface area contributed by atoms with E-state index in [-0.39, 0.29) is 11.5 Å². The van der Waals surface area contributed by atoms with E-state index in [1.54, 1.807) is 35.6 Å². The van der Waals surface area contributed by atoms with E-state index in [4.69, 9.17) is 5.11 Å². The summed E-state index contributed by atoms with van der Waals surface area (Å²) in [4.78, 5) is 25.2. The van der Waals surface area contributed by atoms with Gasteiger partial charge in [0.15, 0.2) is 0 Å². The fraction of sp³-hybridized carbons (Fsp3) is 0.333. The number of carboxylic acids is 1. The van der Waals surface area contributed by atoms with E-state index in [0.717, 1.165) is 18.4 Å². The lowest BCUT2D eigenvalue weighted by atomic mass is 10.1. The number of amides is 1. The minimum Gasteiger partial charge on any atom is -0.478 e. The Labute approximate surface area is 140 Å². The lowest BCUT2D eigenvalue weighted by Crippen LogP contribution is -2.25. The van der Waals surface area contributed by atoms with Crippen LogP contribution in [0.1, 0.15) is 38.5 Å². The van der Waals surface area contributed by atoms with E-state index in [0.29, 0.717) is 19.4 Å². The highest BCUT2D eigenvalue weighted by atomic mass is 32.1. The van der Waals surface area contributed by atoms with Crippen LogP contribution in [0.3, 0.4) is 0 Å². The van der Waals surface area contributed by atoms with Crippen molar-refractivity contribution >= 4 is 23.2 Å². The molecule has 1 heterocycles. The molecule has 0 fully saturated rings. The number of benzene rings is 1. The molecule has 1 aromatic heterocycles. The summed E-state index contributed by atoms with van der Waals surface area (Å²) in [6.07, 6.45) is 3.05. The molecule has 2 aromatic rings. The molecule has 2 rings (SSSR count). The molecule has 0 saturated carbocycles. The summed E-state index contributed by atoms with van der Waals surface area (Å²) in [5.74, 6) is -0.855. The summed E-state index contributed by atoms with van der Waals surface area (Å²) in [6, 6.07) is 11.0. The van der Waals surface area contributed by atoms with Crippen LogP contribution in [0, 0.1) is 6.92 Å². The summed E-state index contributed by atoms with van der Waals surface area (Å²) in [7, 11) is 0. The van der Waals surface area contributed by atoms with Crippen LogP contribution >= 0.6 is 11.3 Å². The molecule has 0 unspecified atom stereocenters. The molecule has 1 aromatic carbocycles. The monoisotopic (exact) mass is 331 g/mol. The number of thiophene rings is 1. The van der Waals surface area contributed by atoms with Gasteiger partial charge in [0.2, 0.25) is 5.91 Å². The van der Waals surface area contributed by atoms with Gasteiger partial charge >= 0.3 is 5.97 Å². The van der Waals surface area contributed by atoms with Gasteiger partial charge in [-0.1, -0.05) is 12.1 Å². The lowest BCUT2D eigenvalue weighted by Gasteiger charge is -2.05. The van der Waals surface area contributed by atoms with Crippen molar-refractivity contribution in [2.45, 2.75) is 32.6 Å². The first-order valence-corrected chi connectivity index (χ1v) is 8.50.